The second kappa shape index (κ2) is 13.3. The van der Waals surface area contributed by atoms with Gasteiger partial charge in [0.15, 0.2) is 0 Å². The van der Waals surface area contributed by atoms with Gasteiger partial charge in [-0.15, -0.1) is 0 Å². The van der Waals surface area contributed by atoms with Crippen LogP contribution in [-0.2, 0) is 15.9 Å². The minimum atomic E-state index is -0.647. The van der Waals surface area contributed by atoms with Gasteiger partial charge >= 0.3 is 12.1 Å². The zero-order valence-electron chi connectivity index (χ0n) is 26.6. The predicted molar refractivity (Wildman–Crippen MR) is 182 cm³/mol. The molecule has 1 aliphatic carbocycles. The molecule has 6 rings (SSSR count). The summed E-state index contributed by atoms with van der Waals surface area (Å²) in [4.78, 5) is 45.3. The highest BCUT2D eigenvalue weighted by Crippen LogP contribution is 2.45. The molecule has 246 valence electrons. The number of nitro benzene ring substituents is 1. The number of nitrogens with one attached hydrogen (secondary N) is 1. The number of fused-ring (bicyclic) bond motifs is 2. The summed E-state index contributed by atoms with van der Waals surface area (Å²) < 4.78 is 17.1. The van der Waals surface area contributed by atoms with Crippen LogP contribution in [0, 0.1) is 10.1 Å². The average Bonchev–Trinajstić information content (AvgIpc) is 3.59. The molecule has 0 aliphatic heterocycles. The van der Waals surface area contributed by atoms with Crippen molar-refractivity contribution in [1.29, 1.82) is 0 Å². The Kier molecular flexibility index (Phi) is 9.13. The van der Waals surface area contributed by atoms with Gasteiger partial charge in [0, 0.05) is 40.1 Å². The van der Waals surface area contributed by atoms with Crippen LogP contribution < -0.4 is 5.32 Å². The lowest BCUT2D eigenvalue weighted by molar-refractivity contribution is -0.384. The second-order valence-corrected chi connectivity index (χ2v) is 13.9. The van der Waals surface area contributed by atoms with Crippen molar-refractivity contribution in [3.63, 3.8) is 0 Å². The molecule has 3 aromatic carbocycles. The van der Waals surface area contributed by atoms with E-state index in [1.807, 2.05) is 58.0 Å². The maximum atomic E-state index is 12.9. The Balaban J connectivity index is 1.25. The van der Waals surface area contributed by atoms with Gasteiger partial charge in [-0.05, 0) is 80.5 Å². The summed E-state index contributed by atoms with van der Waals surface area (Å²) in [6.45, 7) is 7.50. The lowest BCUT2D eigenvalue weighted by Crippen LogP contribution is -2.35. The fourth-order valence-electron chi connectivity index (χ4n) is 5.83. The maximum absolute atomic E-state index is 12.9. The molecule has 13 heteroatoms. The van der Waals surface area contributed by atoms with Crippen LogP contribution in [0.4, 0.5) is 10.5 Å². The number of aromatic nitrogens is 3. The lowest BCUT2D eigenvalue weighted by Gasteiger charge is -2.24. The zero-order valence-corrected chi connectivity index (χ0v) is 28.2. The third kappa shape index (κ3) is 7.14. The standard InChI is InChI=1S/C35H32ClN5O6S/c1-19-15-28(46-33(42)21-7-12-24(13-8-21)41(44)45)32-30(19)31(37-18-38-32)22-9-14-25-27(40-48-29(25)16-22)17-26(20-5-10-23(36)11-6-20)39-34(43)47-35(2,3)4/h5-14,16,18-19,26,28H,15,17H2,1-4H3,(H,39,43)/t19-,26?,28-/m1/s1. The van der Waals surface area contributed by atoms with E-state index in [-0.39, 0.29) is 17.2 Å². The minimum Gasteiger partial charge on any atom is -0.452 e. The maximum Gasteiger partial charge on any atom is 0.408 e. The van der Waals surface area contributed by atoms with E-state index in [1.54, 1.807) is 12.1 Å². The number of nitro groups is 1. The third-order valence-electron chi connectivity index (χ3n) is 8.02. The third-order valence-corrected chi connectivity index (χ3v) is 9.12. The van der Waals surface area contributed by atoms with Crippen molar-refractivity contribution in [2.75, 3.05) is 0 Å². The van der Waals surface area contributed by atoms with E-state index in [1.165, 1.54) is 42.1 Å². The molecule has 48 heavy (non-hydrogen) atoms. The molecule has 2 heterocycles. The van der Waals surface area contributed by atoms with Gasteiger partial charge in [-0.3, -0.25) is 10.1 Å². The van der Waals surface area contributed by atoms with Crippen LogP contribution in [0.1, 0.15) is 85.1 Å². The summed E-state index contributed by atoms with van der Waals surface area (Å²) in [7, 11) is 0. The van der Waals surface area contributed by atoms with Crippen molar-refractivity contribution >= 4 is 51.0 Å². The number of esters is 1. The number of nitrogens with zero attached hydrogens (tertiary/aromatic N) is 4. The topological polar surface area (TPSA) is 146 Å². The van der Waals surface area contributed by atoms with Crippen LogP contribution in [0.3, 0.4) is 0 Å². The molecule has 1 unspecified atom stereocenters. The van der Waals surface area contributed by atoms with Gasteiger partial charge in [0.05, 0.1) is 38.3 Å². The molecule has 0 spiro atoms. The van der Waals surface area contributed by atoms with Crippen LogP contribution >= 0.6 is 23.1 Å². The molecule has 0 radical (unpaired) electrons. The zero-order chi connectivity index (χ0) is 34.2. The van der Waals surface area contributed by atoms with Crippen molar-refractivity contribution < 1.29 is 24.0 Å². The number of ether oxygens (including phenoxy) is 2. The molecule has 2 aromatic heterocycles. The van der Waals surface area contributed by atoms with E-state index in [9.17, 15) is 19.7 Å². The Morgan fingerprint density at radius 2 is 1.81 bits per heavy atom. The SMILES string of the molecule is C[C@@H]1C[C@@H](OC(=O)c2ccc([N+](=O)[O-])cc2)c2ncnc(-c3ccc4c(CC(NC(=O)OC(C)(C)C)c5ccc(Cl)cc5)nsc4c3)c21. The number of halogens is 1. The predicted octanol–water partition coefficient (Wildman–Crippen LogP) is 8.53. The quantitative estimate of drug-likeness (QED) is 0.0964. The lowest BCUT2D eigenvalue weighted by atomic mass is 9.97. The van der Waals surface area contributed by atoms with Crippen LogP contribution in [0.5, 0.6) is 0 Å². The fourth-order valence-corrected chi connectivity index (χ4v) is 6.80. The highest BCUT2D eigenvalue weighted by Gasteiger charge is 2.36. The van der Waals surface area contributed by atoms with E-state index in [4.69, 9.17) is 25.4 Å². The number of hydrogen-bond donors (Lipinski definition) is 1. The second-order valence-electron chi connectivity index (χ2n) is 12.7. The number of carbonyl (C=O) groups excluding carboxylic acids is 2. The molecule has 3 atom stereocenters. The molecule has 1 aliphatic rings. The van der Waals surface area contributed by atoms with Crippen molar-refractivity contribution in [1.82, 2.24) is 19.7 Å². The van der Waals surface area contributed by atoms with Crippen LogP contribution in [0.2, 0.25) is 5.02 Å². The summed E-state index contributed by atoms with van der Waals surface area (Å²) >= 11 is 7.50. The monoisotopic (exact) mass is 685 g/mol. The van der Waals surface area contributed by atoms with Crippen molar-refractivity contribution in [2.45, 2.75) is 64.2 Å². The molecule has 0 fully saturated rings. The van der Waals surface area contributed by atoms with Crippen molar-refractivity contribution in [2.24, 2.45) is 0 Å². The molecule has 5 aromatic rings. The van der Waals surface area contributed by atoms with Gasteiger partial charge in [-0.1, -0.05) is 42.8 Å². The first-order valence-corrected chi connectivity index (χ1v) is 16.5. The fraction of sp³-hybridized carbons (Fsp3) is 0.286. The van der Waals surface area contributed by atoms with Gasteiger partial charge in [-0.25, -0.2) is 19.6 Å². The van der Waals surface area contributed by atoms with Crippen LogP contribution in [-0.4, -0.2) is 36.9 Å². The highest BCUT2D eigenvalue weighted by molar-refractivity contribution is 7.13. The van der Waals surface area contributed by atoms with E-state index >= 15 is 0 Å². The number of benzene rings is 3. The molecule has 11 nitrogen and oxygen atoms in total. The number of amides is 1. The number of hydrogen-bond acceptors (Lipinski definition) is 10. The summed E-state index contributed by atoms with van der Waals surface area (Å²) in [5.41, 5.74) is 4.37. The van der Waals surface area contributed by atoms with Gasteiger partial charge in [0.1, 0.15) is 18.0 Å². The molecule has 0 saturated heterocycles. The van der Waals surface area contributed by atoms with E-state index in [0.29, 0.717) is 23.6 Å². The van der Waals surface area contributed by atoms with Crippen molar-refractivity contribution in [3.05, 3.63) is 116 Å². The van der Waals surface area contributed by atoms with Gasteiger partial charge in [-0.2, -0.15) is 4.37 Å². The average molecular weight is 686 g/mol. The van der Waals surface area contributed by atoms with Crippen molar-refractivity contribution in [3.8, 4) is 11.3 Å². The summed E-state index contributed by atoms with van der Waals surface area (Å²) in [5.74, 6) is -0.565. The number of carbonyl (C=O) groups is 2. The minimum absolute atomic E-state index is 0.0117. The molecule has 1 amide bonds. The van der Waals surface area contributed by atoms with Gasteiger partial charge in [0.25, 0.3) is 5.69 Å². The first kappa shape index (κ1) is 33.0. The molecule has 0 saturated carbocycles. The smallest absolute Gasteiger partial charge is 0.408 e. The Labute approximate surface area is 285 Å². The Morgan fingerprint density at radius 1 is 1.08 bits per heavy atom. The normalized spacial score (nSPS) is 16.3. The molecular formula is C35H32ClN5O6S. The van der Waals surface area contributed by atoms with Crippen LogP contribution in [0.15, 0.2) is 73.1 Å². The van der Waals surface area contributed by atoms with Gasteiger partial charge < -0.3 is 14.8 Å². The summed E-state index contributed by atoms with van der Waals surface area (Å²) in [6, 6.07) is 18.3. The summed E-state index contributed by atoms with van der Waals surface area (Å²) in [6.07, 6.45) is 1.33. The summed E-state index contributed by atoms with van der Waals surface area (Å²) in [5, 5.41) is 15.5. The van der Waals surface area contributed by atoms with Crippen LogP contribution in [0.25, 0.3) is 21.3 Å². The molecular weight excluding hydrogens is 654 g/mol. The highest BCUT2D eigenvalue weighted by atomic mass is 35.5. The molecule has 0 bridgehead atoms. The number of alkyl carbamates (subject to hydrolysis) is 1. The Bertz CT molecular complexity index is 2010. The first-order chi connectivity index (χ1) is 22.9. The van der Waals surface area contributed by atoms with E-state index in [2.05, 4.69) is 15.3 Å². The Hall–Kier alpha value is -4.94. The largest absolute Gasteiger partial charge is 0.452 e. The number of non-ortho nitro benzene ring substituents is 1. The van der Waals surface area contributed by atoms with E-state index < -0.39 is 34.7 Å². The molecule has 1 N–H and O–H groups in total. The van der Waals surface area contributed by atoms with Gasteiger partial charge in [0.2, 0.25) is 0 Å². The van der Waals surface area contributed by atoms with E-state index in [0.717, 1.165) is 38.2 Å². The first-order valence-electron chi connectivity index (χ1n) is 15.3. The Morgan fingerprint density at radius 3 is 2.50 bits per heavy atom. The number of rotatable bonds is 8.